The average molecular weight is 344 g/mol. The minimum absolute atomic E-state index is 0. The van der Waals surface area contributed by atoms with Gasteiger partial charge in [0, 0.05) is 30.6 Å². The van der Waals surface area contributed by atoms with E-state index in [1.54, 1.807) is 6.20 Å². The minimum atomic E-state index is 0. The molecule has 1 aromatic carbocycles. The van der Waals surface area contributed by atoms with E-state index in [4.69, 9.17) is 0 Å². The standard InChI is InChI=1S/C16H21N3O.2ClH/c1-12(17-2)11-19-16(20)8-7-13-9-10-18-15-6-4-3-5-14(13)15;;/h3-6,9-10,12,17H,7-8,11H2,1-2H3,(H,19,20);2*1H. The summed E-state index contributed by atoms with van der Waals surface area (Å²) in [6.45, 7) is 2.70. The molecular formula is C16H23Cl2N3O. The quantitative estimate of drug-likeness (QED) is 0.847. The molecule has 4 nitrogen and oxygen atoms in total. The number of halogens is 2. The number of nitrogens with zero attached hydrogens (tertiary/aromatic N) is 1. The Hall–Kier alpha value is -1.36. The lowest BCUT2D eigenvalue weighted by Crippen LogP contribution is -2.37. The normalized spacial score (nSPS) is 11.2. The lowest BCUT2D eigenvalue weighted by molar-refractivity contribution is -0.121. The Morgan fingerprint density at radius 2 is 1.95 bits per heavy atom. The highest BCUT2D eigenvalue weighted by Crippen LogP contribution is 2.17. The third-order valence-electron chi connectivity index (χ3n) is 3.46. The molecule has 1 heterocycles. The second-order valence-corrected chi connectivity index (χ2v) is 4.98. The highest BCUT2D eigenvalue weighted by molar-refractivity contribution is 5.85. The fourth-order valence-corrected chi connectivity index (χ4v) is 2.08. The van der Waals surface area contributed by atoms with E-state index < -0.39 is 0 Å². The molecule has 122 valence electrons. The summed E-state index contributed by atoms with van der Waals surface area (Å²) in [7, 11) is 1.89. The molecule has 0 spiro atoms. The number of nitrogens with one attached hydrogen (secondary N) is 2. The number of rotatable bonds is 6. The fourth-order valence-electron chi connectivity index (χ4n) is 2.08. The Balaban J connectivity index is 0.00000220. The van der Waals surface area contributed by atoms with Gasteiger partial charge in [-0.3, -0.25) is 9.78 Å². The third kappa shape index (κ3) is 5.79. The molecule has 0 radical (unpaired) electrons. The van der Waals surface area contributed by atoms with E-state index in [1.165, 1.54) is 5.56 Å². The van der Waals surface area contributed by atoms with Crippen LogP contribution in [0.1, 0.15) is 18.9 Å². The van der Waals surface area contributed by atoms with Crippen LogP contribution in [0.3, 0.4) is 0 Å². The van der Waals surface area contributed by atoms with Gasteiger partial charge < -0.3 is 10.6 Å². The van der Waals surface area contributed by atoms with Crippen LogP contribution in [0.5, 0.6) is 0 Å². The molecule has 0 saturated carbocycles. The van der Waals surface area contributed by atoms with Crippen molar-refractivity contribution in [2.45, 2.75) is 25.8 Å². The zero-order chi connectivity index (χ0) is 14.4. The summed E-state index contributed by atoms with van der Waals surface area (Å²) >= 11 is 0. The maximum atomic E-state index is 11.8. The maximum absolute atomic E-state index is 11.8. The first kappa shape index (κ1) is 20.6. The SMILES string of the molecule is CNC(C)CNC(=O)CCc1ccnc2ccccc12.Cl.Cl. The first-order chi connectivity index (χ1) is 9.70. The van der Waals surface area contributed by atoms with Crippen LogP contribution in [0.2, 0.25) is 0 Å². The van der Waals surface area contributed by atoms with Crippen molar-refractivity contribution in [3.05, 3.63) is 42.1 Å². The number of fused-ring (bicyclic) bond motifs is 1. The smallest absolute Gasteiger partial charge is 0.220 e. The van der Waals surface area contributed by atoms with E-state index in [0.717, 1.165) is 17.3 Å². The lowest BCUT2D eigenvalue weighted by atomic mass is 10.0. The minimum Gasteiger partial charge on any atom is -0.355 e. The van der Waals surface area contributed by atoms with Crippen molar-refractivity contribution < 1.29 is 4.79 Å². The molecule has 1 atom stereocenters. The van der Waals surface area contributed by atoms with E-state index in [-0.39, 0.29) is 30.7 Å². The van der Waals surface area contributed by atoms with Gasteiger partial charge in [0.05, 0.1) is 5.52 Å². The lowest BCUT2D eigenvalue weighted by Gasteiger charge is -2.11. The van der Waals surface area contributed by atoms with Crippen LogP contribution in [0.4, 0.5) is 0 Å². The average Bonchev–Trinajstić information content (AvgIpc) is 2.50. The van der Waals surface area contributed by atoms with Crippen LogP contribution in [0, 0.1) is 0 Å². The van der Waals surface area contributed by atoms with Gasteiger partial charge in [-0.2, -0.15) is 0 Å². The number of hydrogen-bond acceptors (Lipinski definition) is 3. The molecule has 2 aromatic rings. The zero-order valence-electron chi connectivity index (χ0n) is 12.8. The van der Waals surface area contributed by atoms with E-state index in [0.29, 0.717) is 19.0 Å². The van der Waals surface area contributed by atoms with Gasteiger partial charge in [-0.15, -0.1) is 24.8 Å². The molecule has 0 bridgehead atoms. The number of pyridine rings is 1. The molecule has 1 unspecified atom stereocenters. The van der Waals surface area contributed by atoms with Gasteiger partial charge in [0.25, 0.3) is 0 Å². The molecule has 22 heavy (non-hydrogen) atoms. The zero-order valence-corrected chi connectivity index (χ0v) is 14.5. The van der Waals surface area contributed by atoms with E-state index in [1.807, 2.05) is 38.2 Å². The van der Waals surface area contributed by atoms with Crippen molar-refractivity contribution in [1.29, 1.82) is 0 Å². The Morgan fingerprint density at radius 3 is 2.68 bits per heavy atom. The van der Waals surface area contributed by atoms with Crippen LogP contribution in [-0.4, -0.2) is 30.5 Å². The van der Waals surface area contributed by atoms with Crippen LogP contribution in [0.15, 0.2) is 36.5 Å². The van der Waals surface area contributed by atoms with Crippen molar-refractivity contribution in [3.63, 3.8) is 0 Å². The number of likely N-dealkylation sites (N-methyl/N-ethyl adjacent to an activating group) is 1. The number of benzene rings is 1. The highest BCUT2D eigenvalue weighted by atomic mass is 35.5. The molecule has 1 amide bonds. The summed E-state index contributed by atoms with van der Waals surface area (Å²) in [4.78, 5) is 16.1. The first-order valence-electron chi connectivity index (χ1n) is 6.97. The van der Waals surface area contributed by atoms with Gasteiger partial charge in [-0.25, -0.2) is 0 Å². The molecule has 0 aliphatic carbocycles. The molecule has 0 aliphatic rings. The molecule has 0 fully saturated rings. The Morgan fingerprint density at radius 1 is 1.23 bits per heavy atom. The van der Waals surface area contributed by atoms with Crippen molar-refractivity contribution >= 4 is 41.6 Å². The molecule has 1 aromatic heterocycles. The van der Waals surface area contributed by atoms with E-state index in [9.17, 15) is 4.79 Å². The number of hydrogen-bond donors (Lipinski definition) is 2. The van der Waals surface area contributed by atoms with Gasteiger partial charge in [0.1, 0.15) is 0 Å². The van der Waals surface area contributed by atoms with Crippen LogP contribution < -0.4 is 10.6 Å². The van der Waals surface area contributed by atoms with Crippen LogP contribution >= 0.6 is 24.8 Å². The van der Waals surface area contributed by atoms with Gasteiger partial charge in [-0.05, 0) is 38.1 Å². The molecular weight excluding hydrogens is 321 g/mol. The van der Waals surface area contributed by atoms with Crippen LogP contribution in [-0.2, 0) is 11.2 Å². The van der Waals surface area contributed by atoms with Crippen molar-refractivity contribution in [1.82, 2.24) is 15.6 Å². The molecule has 2 N–H and O–H groups in total. The van der Waals surface area contributed by atoms with Gasteiger partial charge in [0.15, 0.2) is 0 Å². The topological polar surface area (TPSA) is 54.0 Å². The van der Waals surface area contributed by atoms with Crippen molar-refractivity contribution in [2.75, 3.05) is 13.6 Å². The number of para-hydroxylation sites is 1. The number of carbonyl (C=O) groups excluding carboxylic acids is 1. The molecule has 2 rings (SSSR count). The van der Waals surface area contributed by atoms with Crippen LogP contribution in [0.25, 0.3) is 10.9 Å². The number of aryl methyl sites for hydroxylation is 1. The molecule has 0 saturated heterocycles. The largest absolute Gasteiger partial charge is 0.355 e. The monoisotopic (exact) mass is 343 g/mol. The Bertz CT molecular complexity index is 587. The summed E-state index contributed by atoms with van der Waals surface area (Å²) in [5.74, 6) is 0.0907. The number of carbonyl (C=O) groups is 1. The first-order valence-corrected chi connectivity index (χ1v) is 6.97. The molecule has 0 aliphatic heterocycles. The van der Waals surface area contributed by atoms with Gasteiger partial charge >= 0.3 is 0 Å². The van der Waals surface area contributed by atoms with Gasteiger partial charge in [0.2, 0.25) is 5.91 Å². The third-order valence-corrected chi connectivity index (χ3v) is 3.46. The Kier molecular flexibility index (Phi) is 9.74. The fraction of sp³-hybridized carbons (Fsp3) is 0.375. The summed E-state index contributed by atoms with van der Waals surface area (Å²) < 4.78 is 0. The summed E-state index contributed by atoms with van der Waals surface area (Å²) in [5, 5.41) is 7.16. The second-order valence-electron chi connectivity index (χ2n) is 4.98. The highest BCUT2D eigenvalue weighted by Gasteiger charge is 2.06. The summed E-state index contributed by atoms with van der Waals surface area (Å²) in [5.41, 5.74) is 2.15. The predicted molar refractivity (Wildman–Crippen MR) is 96.1 cm³/mol. The summed E-state index contributed by atoms with van der Waals surface area (Å²) in [6.07, 6.45) is 3.05. The second kappa shape index (κ2) is 10.4. The number of aromatic nitrogens is 1. The predicted octanol–water partition coefficient (Wildman–Crippen LogP) is 2.74. The summed E-state index contributed by atoms with van der Waals surface area (Å²) in [6, 6.07) is 10.3. The van der Waals surface area contributed by atoms with Crippen molar-refractivity contribution in [3.8, 4) is 0 Å². The van der Waals surface area contributed by atoms with Crippen molar-refractivity contribution in [2.24, 2.45) is 0 Å². The maximum Gasteiger partial charge on any atom is 0.220 e. The number of amides is 1. The van der Waals surface area contributed by atoms with E-state index in [2.05, 4.69) is 21.7 Å². The van der Waals surface area contributed by atoms with Gasteiger partial charge in [-0.1, -0.05) is 18.2 Å². The Labute approximate surface area is 143 Å². The molecule has 6 heteroatoms. The van der Waals surface area contributed by atoms with E-state index >= 15 is 0 Å².